The van der Waals surface area contributed by atoms with E-state index in [4.69, 9.17) is 5.73 Å². The van der Waals surface area contributed by atoms with Crippen LogP contribution in [0.2, 0.25) is 0 Å². The largest absolute Gasteiger partial charge is 0.329 e. The lowest BCUT2D eigenvalue weighted by Gasteiger charge is -2.32. The first kappa shape index (κ1) is 15.5. The van der Waals surface area contributed by atoms with E-state index in [1.807, 2.05) is 0 Å². The summed E-state index contributed by atoms with van der Waals surface area (Å²) in [5.74, 6) is 0. The number of likely N-dealkylation sites (tertiary alicyclic amines) is 1. The van der Waals surface area contributed by atoms with Crippen molar-refractivity contribution in [1.82, 2.24) is 4.90 Å². The van der Waals surface area contributed by atoms with Gasteiger partial charge in [-0.05, 0) is 48.8 Å². The molecular weight excluding hydrogens is 244 g/mol. The number of nitrogens with zero attached hydrogens (tertiary/aromatic N) is 1. The molecule has 1 aliphatic rings. The number of benzene rings is 1. The van der Waals surface area contributed by atoms with Gasteiger partial charge in [0.25, 0.3) is 0 Å². The Balaban J connectivity index is 2.21. The molecule has 0 spiro atoms. The van der Waals surface area contributed by atoms with Gasteiger partial charge in [0.15, 0.2) is 0 Å². The van der Waals surface area contributed by atoms with Crippen molar-refractivity contribution in [2.75, 3.05) is 19.6 Å². The van der Waals surface area contributed by atoms with E-state index in [9.17, 15) is 0 Å². The third-order valence-corrected chi connectivity index (χ3v) is 5.43. The maximum Gasteiger partial charge on any atom is 0.0473 e. The molecule has 1 heterocycles. The Labute approximate surface area is 124 Å². The molecule has 20 heavy (non-hydrogen) atoms. The van der Waals surface area contributed by atoms with Gasteiger partial charge in [-0.2, -0.15) is 0 Å². The van der Waals surface area contributed by atoms with Crippen LogP contribution >= 0.6 is 0 Å². The standard InChI is InChI=1S/C18H30N2/c1-4-15-9-7-8-10-16(15)17(13-19)20-12-11-18(5-2,6-3)14-20/h7-10,17H,4-6,11-14,19H2,1-3H3. The first-order chi connectivity index (χ1) is 9.69. The quantitative estimate of drug-likeness (QED) is 0.856. The minimum Gasteiger partial charge on any atom is -0.329 e. The van der Waals surface area contributed by atoms with Crippen molar-refractivity contribution >= 4 is 0 Å². The van der Waals surface area contributed by atoms with Crippen LogP contribution in [0.1, 0.15) is 57.2 Å². The van der Waals surface area contributed by atoms with Crippen molar-refractivity contribution in [3.05, 3.63) is 35.4 Å². The van der Waals surface area contributed by atoms with E-state index in [-0.39, 0.29) is 0 Å². The van der Waals surface area contributed by atoms with E-state index in [0.717, 1.165) is 13.0 Å². The highest BCUT2D eigenvalue weighted by Gasteiger charge is 2.37. The molecule has 1 aromatic rings. The third-order valence-electron chi connectivity index (χ3n) is 5.43. The zero-order valence-corrected chi connectivity index (χ0v) is 13.4. The number of hydrogen-bond acceptors (Lipinski definition) is 2. The second-order valence-electron chi connectivity index (χ2n) is 6.23. The summed E-state index contributed by atoms with van der Waals surface area (Å²) in [4.78, 5) is 2.63. The number of hydrogen-bond donors (Lipinski definition) is 1. The van der Waals surface area contributed by atoms with E-state index in [2.05, 4.69) is 49.9 Å². The van der Waals surface area contributed by atoms with Crippen molar-refractivity contribution in [2.24, 2.45) is 11.1 Å². The van der Waals surface area contributed by atoms with Crippen LogP contribution in [0, 0.1) is 5.41 Å². The minimum atomic E-state index is 0.395. The van der Waals surface area contributed by atoms with Gasteiger partial charge in [0.05, 0.1) is 0 Å². The first-order valence-electron chi connectivity index (χ1n) is 8.21. The van der Waals surface area contributed by atoms with Crippen molar-refractivity contribution in [2.45, 2.75) is 52.5 Å². The molecule has 0 saturated carbocycles. The SMILES string of the molecule is CCc1ccccc1C(CN)N1CCC(CC)(CC)C1. The Morgan fingerprint density at radius 2 is 1.90 bits per heavy atom. The third kappa shape index (κ3) is 2.91. The van der Waals surface area contributed by atoms with Crippen LogP contribution in [0.25, 0.3) is 0 Å². The zero-order chi connectivity index (χ0) is 14.6. The Bertz CT molecular complexity index is 423. The monoisotopic (exact) mass is 274 g/mol. The van der Waals surface area contributed by atoms with Gasteiger partial charge in [-0.25, -0.2) is 0 Å². The van der Waals surface area contributed by atoms with Crippen molar-refractivity contribution in [3.8, 4) is 0 Å². The lowest BCUT2D eigenvalue weighted by Crippen LogP contribution is -2.34. The molecule has 1 fully saturated rings. The molecule has 1 saturated heterocycles. The summed E-state index contributed by atoms with van der Waals surface area (Å²) in [6.07, 6.45) is 4.98. The summed E-state index contributed by atoms with van der Waals surface area (Å²) in [7, 11) is 0. The molecule has 1 atom stereocenters. The molecular formula is C18H30N2. The van der Waals surface area contributed by atoms with Crippen molar-refractivity contribution in [1.29, 1.82) is 0 Å². The molecule has 0 radical (unpaired) electrons. The van der Waals surface area contributed by atoms with Crippen LogP contribution in [0.5, 0.6) is 0 Å². The lowest BCUT2D eigenvalue weighted by atomic mass is 9.82. The van der Waals surface area contributed by atoms with Crippen LogP contribution in [0.3, 0.4) is 0 Å². The summed E-state index contributed by atoms with van der Waals surface area (Å²) in [6, 6.07) is 9.21. The van der Waals surface area contributed by atoms with Gasteiger partial charge in [0, 0.05) is 19.1 Å². The van der Waals surface area contributed by atoms with E-state index >= 15 is 0 Å². The molecule has 0 aliphatic carbocycles. The van der Waals surface area contributed by atoms with E-state index in [1.54, 1.807) is 0 Å². The predicted molar refractivity (Wildman–Crippen MR) is 86.8 cm³/mol. The maximum absolute atomic E-state index is 6.14. The van der Waals surface area contributed by atoms with Gasteiger partial charge in [-0.15, -0.1) is 0 Å². The lowest BCUT2D eigenvalue weighted by molar-refractivity contribution is 0.197. The molecule has 2 heteroatoms. The highest BCUT2D eigenvalue weighted by molar-refractivity contribution is 5.30. The van der Waals surface area contributed by atoms with E-state index in [0.29, 0.717) is 11.5 Å². The van der Waals surface area contributed by atoms with Crippen LogP contribution < -0.4 is 5.73 Å². The molecule has 112 valence electrons. The second-order valence-corrected chi connectivity index (χ2v) is 6.23. The average Bonchev–Trinajstić information content (AvgIpc) is 2.93. The fraction of sp³-hybridized carbons (Fsp3) is 0.667. The Morgan fingerprint density at radius 1 is 1.20 bits per heavy atom. The van der Waals surface area contributed by atoms with Crippen molar-refractivity contribution < 1.29 is 0 Å². The molecule has 2 nitrogen and oxygen atoms in total. The molecule has 1 unspecified atom stereocenters. The summed E-state index contributed by atoms with van der Waals surface area (Å²) < 4.78 is 0. The second kappa shape index (κ2) is 6.73. The van der Waals surface area contributed by atoms with Gasteiger partial charge < -0.3 is 5.73 Å². The van der Waals surface area contributed by atoms with E-state index < -0.39 is 0 Å². The molecule has 0 bridgehead atoms. The summed E-state index contributed by atoms with van der Waals surface area (Å²) in [6.45, 7) is 10.0. The number of aryl methyl sites for hydroxylation is 1. The van der Waals surface area contributed by atoms with Gasteiger partial charge >= 0.3 is 0 Å². The molecule has 1 aliphatic heterocycles. The van der Waals surface area contributed by atoms with Gasteiger partial charge in [0.1, 0.15) is 0 Å². The summed E-state index contributed by atoms with van der Waals surface area (Å²) in [5.41, 5.74) is 9.56. The van der Waals surface area contributed by atoms with Crippen LogP contribution in [0.15, 0.2) is 24.3 Å². The average molecular weight is 274 g/mol. The zero-order valence-electron chi connectivity index (χ0n) is 13.4. The van der Waals surface area contributed by atoms with Gasteiger partial charge in [-0.3, -0.25) is 4.90 Å². The first-order valence-corrected chi connectivity index (χ1v) is 8.21. The Kier molecular flexibility index (Phi) is 5.22. The van der Waals surface area contributed by atoms with Crippen LogP contribution in [-0.2, 0) is 6.42 Å². The molecule has 1 aromatic carbocycles. The smallest absolute Gasteiger partial charge is 0.0473 e. The van der Waals surface area contributed by atoms with E-state index in [1.165, 1.54) is 43.5 Å². The predicted octanol–water partition coefficient (Wildman–Crippen LogP) is 3.76. The number of nitrogens with two attached hydrogens (primary N) is 1. The molecule has 2 N–H and O–H groups in total. The summed E-state index contributed by atoms with van der Waals surface area (Å²) in [5, 5.41) is 0. The molecule has 0 aromatic heterocycles. The van der Waals surface area contributed by atoms with Crippen LogP contribution in [0.4, 0.5) is 0 Å². The Morgan fingerprint density at radius 3 is 2.45 bits per heavy atom. The summed E-state index contributed by atoms with van der Waals surface area (Å²) >= 11 is 0. The van der Waals surface area contributed by atoms with Crippen LogP contribution in [-0.4, -0.2) is 24.5 Å². The van der Waals surface area contributed by atoms with Gasteiger partial charge in [0.2, 0.25) is 0 Å². The normalized spacial score (nSPS) is 20.2. The fourth-order valence-corrected chi connectivity index (χ4v) is 3.72. The van der Waals surface area contributed by atoms with Gasteiger partial charge in [-0.1, -0.05) is 45.0 Å². The highest BCUT2D eigenvalue weighted by Crippen LogP contribution is 2.40. The topological polar surface area (TPSA) is 29.3 Å². The maximum atomic E-state index is 6.14. The van der Waals surface area contributed by atoms with Crippen molar-refractivity contribution in [3.63, 3.8) is 0 Å². The molecule has 2 rings (SSSR count). The fourth-order valence-electron chi connectivity index (χ4n) is 3.72. The number of rotatable bonds is 6. The minimum absolute atomic E-state index is 0.395. The molecule has 0 amide bonds. The Hall–Kier alpha value is -0.860. The highest BCUT2D eigenvalue weighted by atomic mass is 15.2.